The molecule has 0 atom stereocenters. The molecule has 1 amide bonds. The number of anilines is 1. The second-order valence-electron chi connectivity index (χ2n) is 6.29. The van der Waals surface area contributed by atoms with Gasteiger partial charge in [-0.2, -0.15) is 0 Å². The summed E-state index contributed by atoms with van der Waals surface area (Å²) in [6, 6.07) is 25.6. The normalized spacial score (nSPS) is 10.5. The number of nitrogens with zero attached hydrogens (tertiary/aromatic N) is 2. The van der Waals surface area contributed by atoms with E-state index < -0.39 is 0 Å². The SMILES string of the molecule is O=C(Nc1ccccc1Cn1ccnc1)c1ccc(-c2ccccc2)cc1. The second kappa shape index (κ2) is 7.70. The van der Waals surface area contributed by atoms with Gasteiger partial charge in [-0.15, -0.1) is 0 Å². The van der Waals surface area contributed by atoms with Crippen molar-refractivity contribution in [3.8, 4) is 11.1 Å². The molecule has 27 heavy (non-hydrogen) atoms. The zero-order valence-electron chi connectivity index (χ0n) is 14.7. The Morgan fingerprint density at radius 2 is 1.56 bits per heavy atom. The number of nitrogens with one attached hydrogen (secondary N) is 1. The molecular formula is C23H19N3O. The van der Waals surface area contributed by atoms with Crippen molar-refractivity contribution in [2.75, 3.05) is 5.32 Å². The molecule has 0 radical (unpaired) electrons. The number of rotatable bonds is 5. The highest BCUT2D eigenvalue weighted by Crippen LogP contribution is 2.21. The van der Waals surface area contributed by atoms with Crippen LogP contribution in [0.3, 0.4) is 0 Å². The molecule has 0 unspecified atom stereocenters. The van der Waals surface area contributed by atoms with Gasteiger partial charge in [0.05, 0.1) is 12.9 Å². The predicted octanol–water partition coefficient (Wildman–Crippen LogP) is 4.85. The summed E-state index contributed by atoms with van der Waals surface area (Å²) < 4.78 is 1.97. The van der Waals surface area contributed by atoms with Gasteiger partial charge in [-0.05, 0) is 34.9 Å². The standard InChI is InChI=1S/C23H19N3O/c27-23(20-12-10-19(11-13-20)18-6-2-1-3-7-18)25-22-9-5-4-8-21(22)16-26-15-14-24-17-26/h1-15,17H,16H2,(H,25,27). The maximum atomic E-state index is 12.7. The quantitative estimate of drug-likeness (QED) is 0.557. The van der Waals surface area contributed by atoms with Crippen molar-refractivity contribution in [3.05, 3.63) is 109 Å². The van der Waals surface area contributed by atoms with Crippen molar-refractivity contribution in [2.24, 2.45) is 0 Å². The summed E-state index contributed by atoms with van der Waals surface area (Å²) >= 11 is 0. The monoisotopic (exact) mass is 353 g/mol. The fraction of sp³-hybridized carbons (Fsp3) is 0.0435. The van der Waals surface area contributed by atoms with Crippen molar-refractivity contribution >= 4 is 11.6 Å². The Kier molecular flexibility index (Phi) is 4.79. The number of amides is 1. The first kappa shape index (κ1) is 16.8. The number of carbonyl (C=O) groups is 1. The highest BCUT2D eigenvalue weighted by molar-refractivity contribution is 6.04. The molecule has 1 N–H and O–H groups in total. The molecule has 1 heterocycles. The molecule has 0 aliphatic rings. The van der Waals surface area contributed by atoms with Crippen LogP contribution in [0.15, 0.2) is 97.6 Å². The summed E-state index contributed by atoms with van der Waals surface area (Å²) in [5, 5.41) is 3.03. The Labute approximate surface area is 158 Å². The topological polar surface area (TPSA) is 46.9 Å². The van der Waals surface area contributed by atoms with Crippen LogP contribution in [0, 0.1) is 0 Å². The molecule has 4 rings (SSSR count). The minimum Gasteiger partial charge on any atom is -0.333 e. The van der Waals surface area contributed by atoms with Gasteiger partial charge in [0.25, 0.3) is 5.91 Å². The number of benzene rings is 3. The first-order chi connectivity index (χ1) is 13.3. The highest BCUT2D eigenvalue weighted by atomic mass is 16.1. The van der Waals surface area contributed by atoms with Gasteiger partial charge in [0.1, 0.15) is 0 Å². The van der Waals surface area contributed by atoms with Crippen LogP contribution < -0.4 is 5.32 Å². The van der Waals surface area contributed by atoms with Crippen molar-refractivity contribution in [3.63, 3.8) is 0 Å². The van der Waals surface area contributed by atoms with Gasteiger partial charge in [0.15, 0.2) is 0 Å². The second-order valence-corrected chi connectivity index (χ2v) is 6.29. The van der Waals surface area contributed by atoms with E-state index in [0.717, 1.165) is 22.4 Å². The fourth-order valence-electron chi connectivity index (χ4n) is 3.00. The summed E-state index contributed by atoms with van der Waals surface area (Å²) in [5.74, 6) is -0.118. The van der Waals surface area contributed by atoms with Gasteiger partial charge in [0.2, 0.25) is 0 Å². The lowest BCUT2D eigenvalue weighted by atomic mass is 10.0. The molecule has 0 saturated heterocycles. The van der Waals surface area contributed by atoms with Crippen LogP contribution in [0.25, 0.3) is 11.1 Å². The summed E-state index contributed by atoms with van der Waals surface area (Å²) in [7, 11) is 0. The lowest BCUT2D eigenvalue weighted by Gasteiger charge is -2.12. The van der Waals surface area contributed by atoms with E-state index in [1.807, 2.05) is 77.5 Å². The molecule has 0 saturated carbocycles. The van der Waals surface area contributed by atoms with Crippen LogP contribution >= 0.6 is 0 Å². The molecule has 0 aliphatic heterocycles. The molecule has 4 heteroatoms. The highest BCUT2D eigenvalue weighted by Gasteiger charge is 2.09. The van der Waals surface area contributed by atoms with Crippen LogP contribution in [-0.2, 0) is 6.54 Å². The largest absolute Gasteiger partial charge is 0.333 e. The molecule has 4 nitrogen and oxygen atoms in total. The zero-order chi connectivity index (χ0) is 18.5. The number of para-hydroxylation sites is 1. The molecule has 0 aliphatic carbocycles. The average molecular weight is 353 g/mol. The molecular weight excluding hydrogens is 334 g/mol. The van der Waals surface area contributed by atoms with Gasteiger partial charge >= 0.3 is 0 Å². The molecule has 4 aromatic rings. The maximum absolute atomic E-state index is 12.7. The van der Waals surface area contributed by atoms with Crippen LogP contribution in [-0.4, -0.2) is 15.5 Å². The van der Waals surface area contributed by atoms with Crippen LogP contribution in [0.5, 0.6) is 0 Å². The summed E-state index contributed by atoms with van der Waals surface area (Å²) in [6.45, 7) is 0.656. The van der Waals surface area contributed by atoms with Gasteiger partial charge in [0, 0.05) is 23.6 Å². The Morgan fingerprint density at radius 1 is 0.852 bits per heavy atom. The van der Waals surface area contributed by atoms with E-state index in [-0.39, 0.29) is 5.91 Å². The Balaban J connectivity index is 1.51. The van der Waals surface area contributed by atoms with E-state index in [2.05, 4.69) is 22.4 Å². The summed E-state index contributed by atoms with van der Waals surface area (Å²) in [6.07, 6.45) is 5.41. The predicted molar refractivity (Wildman–Crippen MR) is 108 cm³/mol. The molecule has 0 bridgehead atoms. The number of carbonyl (C=O) groups excluding carboxylic acids is 1. The lowest BCUT2D eigenvalue weighted by molar-refractivity contribution is 0.102. The number of aromatic nitrogens is 2. The Bertz CT molecular complexity index is 1020. The van der Waals surface area contributed by atoms with Crippen molar-refractivity contribution in [2.45, 2.75) is 6.54 Å². The van der Waals surface area contributed by atoms with E-state index >= 15 is 0 Å². The van der Waals surface area contributed by atoms with E-state index in [1.165, 1.54) is 0 Å². The Morgan fingerprint density at radius 3 is 2.30 bits per heavy atom. The number of imidazole rings is 1. The third kappa shape index (κ3) is 3.96. The molecule has 3 aromatic carbocycles. The fourth-order valence-corrected chi connectivity index (χ4v) is 3.00. The molecule has 0 spiro atoms. The first-order valence-electron chi connectivity index (χ1n) is 8.80. The number of hydrogen-bond donors (Lipinski definition) is 1. The van der Waals surface area contributed by atoms with Crippen molar-refractivity contribution in [1.82, 2.24) is 9.55 Å². The van der Waals surface area contributed by atoms with E-state index in [4.69, 9.17) is 0 Å². The average Bonchev–Trinajstić information content (AvgIpc) is 3.23. The maximum Gasteiger partial charge on any atom is 0.255 e. The van der Waals surface area contributed by atoms with E-state index in [0.29, 0.717) is 12.1 Å². The zero-order valence-corrected chi connectivity index (χ0v) is 14.7. The van der Waals surface area contributed by atoms with Gasteiger partial charge in [-0.1, -0.05) is 60.7 Å². The third-order valence-corrected chi connectivity index (χ3v) is 4.43. The van der Waals surface area contributed by atoms with Crippen LogP contribution in [0.4, 0.5) is 5.69 Å². The van der Waals surface area contributed by atoms with Gasteiger partial charge in [-0.25, -0.2) is 4.98 Å². The van der Waals surface area contributed by atoms with E-state index in [9.17, 15) is 4.79 Å². The smallest absolute Gasteiger partial charge is 0.255 e. The third-order valence-electron chi connectivity index (χ3n) is 4.43. The lowest BCUT2D eigenvalue weighted by Crippen LogP contribution is -2.14. The van der Waals surface area contributed by atoms with Gasteiger partial charge < -0.3 is 9.88 Å². The van der Waals surface area contributed by atoms with E-state index in [1.54, 1.807) is 12.5 Å². The molecule has 132 valence electrons. The minimum atomic E-state index is -0.118. The van der Waals surface area contributed by atoms with Crippen molar-refractivity contribution < 1.29 is 4.79 Å². The summed E-state index contributed by atoms with van der Waals surface area (Å²) in [5.41, 5.74) is 4.70. The van der Waals surface area contributed by atoms with Crippen LogP contribution in [0.2, 0.25) is 0 Å². The minimum absolute atomic E-state index is 0.118. The number of hydrogen-bond acceptors (Lipinski definition) is 2. The van der Waals surface area contributed by atoms with Gasteiger partial charge in [-0.3, -0.25) is 4.79 Å². The van der Waals surface area contributed by atoms with Crippen LogP contribution in [0.1, 0.15) is 15.9 Å². The molecule has 0 fully saturated rings. The Hall–Kier alpha value is -3.66. The molecule has 1 aromatic heterocycles. The summed E-state index contributed by atoms with van der Waals surface area (Å²) in [4.78, 5) is 16.8. The first-order valence-corrected chi connectivity index (χ1v) is 8.80. The van der Waals surface area contributed by atoms with Crippen molar-refractivity contribution in [1.29, 1.82) is 0 Å².